The normalized spacial score (nSPS) is 14.5. The van der Waals surface area contributed by atoms with E-state index in [2.05, 4.69) is 5.32 Å². The molecular formula is C10H11FN2. The molecule has 1 aromatic carbocycles. The van der Waals surface area contributed by atoms with Gasteiger partial charge in [0.15, 0.2) is 6.17 Å². The molecule has 0 saturated heterocycles. The van der Waals surface area contributed by atoms with Crippen LogP contribution in [0.25, 0.3) is 0 Å². The van der Waals surface area contributed by atoms with Crippen molar-refractivity contribution in [2.75, 3.05) is 7.05 Å². The van der Waals surface area contributed by atoms with Gasteiger partial charge in [0.2, 0.25) is 0 Å². The van der Waals surface area contributed by atoms with E-state index in [1.807, 2.05) is 12.1 Å². The van der Waals surface area contributed by atoms with E-state index in [4.69, 9.17) is 5.26 Å². The number of nitrogens with zero attached hydrogens (tertiary/aromatic N) is 1. The molecule has 0 fully saturated rings. The summed E-state index contributed by atoms with van der Waals surface area (Å²) in [5, 5.41) is 11.2. The van der Waals surface area contributed by atoms with E-state index < -0.39 is 12.2 Å². The van der Waals surface area contributed by atoms with Gasteiger partial charge < -0.3 is 5.32 Å². The van der Waals surface area contributed by atoms with Crippen LogP contribution in [0.15, 0.2) is 30.3 Å². The minimum atomic E-state index is -1.27. The van der Waals surface area contributed by atoms with Gasteiger partial charge in [0, 0.05) is 0 Å². The van der Waals surface area contributed by atoms with Crippen molar-refractivity contribution in [3.63, 3.8) is 0 Å². The van der Waals surface area contributed by atoms with E-state index in [-0.39, 0.29) is 0 Å². The Labute approximate surface area is 77.0 Å². The maximum Gasteiger partial charge on any atom is 0.154 e. The second kappa shape index (κ2) is 4.58. The second-order valence-electron chi connectivity index (χ2n) is 2.71. The largest absolute Gasteiger partial charge is 0.302 e. The lowest BCUT2D eigenvalue weighted by Crippen LogP contribution is -2.28. The van der Waals surface area contributed by atoms with Crippen LogP contribution in [0.4, 0.5) is 4.39 Å². The van der Waals surface area contributed by atoms with Crippen molar-refractivity contribution in [1.29, 1.82) is 5.26 Å². The fourth-order valence-electron chi connectivity index (χ4n) is 1.11. The smallest absolute Gasteiger partial charge is 0.154 e. The Balaban J connectivity index is 2.79. The van der Waals surface area contributed by atoms with Gasteiger partial charge in [-0.25, -0.2) is 4.39 Å². The first-order valence-corrected chi connectivity index (χ1v) is 4.05. The molecule has 13 heavy (non-hydrogen) atoms. The average molecular weight is 178 g/mol. The summed E-state index contributed by atoms with van der Waals surface area (Å²) in [7, 11) is 1.57. The molecule has 0 unspecified atom stereocenters. The molecule has 0 aliphatic carbocycles. The molecular weight excluding hydrogens is 167 g/mol. The Kier molecular flexibility index (Phi) is 3.41. The third-order valence-electron chi connectivity index (χ3n) is 1.86. The number of alkyl halides is 1. The van der Waals surface area contributed by atoms with Gasteiger partial charge in [-0.15, -0.1) is 0 Å². The standard InChI is InChI=1S/C10H11FN2/c1-13-9(7-12)10(11)8-5-3-2-4-6-8/h2-6,9-10,13H,1H3/t9-,10+/m0/s1. The van der Waals surface area contributed by atoms with Crippen molar-refractivity contribution >= 4 is 0 Å². The van der Waals surface area contributed by atoms with Crippen LogP contribution in [0.5, 0.6) is 0 Å². The van der Waals surface area contributed by atoms with Gasteiger partial charge in [0.1, 0.15) is 6.04 Å². The quantitative estimate of drug-likeness (QED) is 0.766. The number of nitriles is 1. The first-order chi connectivity index (χ1) is 6.29. The molecule has 1 rings (SSSR count). The zero-order chi connectivity index (χ0) is 9.68. The van der Waals surface area contributed by atoms with Crippen LogP contribution in [0, 0.1) is 11.3 Å². The molecule has 2 atom stereocenters. The lowest BCUT2D eigenvalue weighted by molar-refractivity contribution is 0.298. The second-order valence-corrected chi connectivity index (χ2v) is 2.71. The van der Waals surface area contributed by atoms with Crippen molar-refractivity contribution < 1.29 is 4.39 Å². The predicted octanol–water partition coefficient (Wildman–Crippen LogP) is 1.81. The zero-order valence-corrected chi connectivity index (χ0v) is 7.37. The van der Waals surface area contributed by atoms with Crippen LogP contribution in [-0.2, 0) is 0 Å². The molecule has 68 valence electrons. The van der Waals surface area contributed by atoms with Crippen LogP contribution in [0.3, 0.4) is 0 Å². The first kappa shape index (κ1) is 9.69. The summed E-state index contributed by atoms with van der Waals surface area (Å²) in [6, 6.07) is 9.76. The van der Waals surface area contributed by atoms with Gasteiger partial charge >= 0.3 is 0 Å². The summed E-state index contributed by atoms with van der Waals surface area (Å²) < 4.78 is 13.5. The van der Waals surface area contributed by atoms with E-state index in [0.717, 1.165) is 0 Å². The van der Waals surface area contributed by atoms with Gasteiger partial charge in [-0.1, -0.05) is 30.3 Å². The highest BCUT2D eigenvalue weighted by Crippen LogP contribution is 2.20. The van der Waals surface area contributed by atoms with Crippen LogP contribution in [-0.4, -0.2) is 13.1 Å². The lowest BCUT2D eigenvalue weighted by atomic mass is 10.1. The van der Waals surface area contributed by atoms with Gasteiger partial charge in [0.25, 0.3) is 0 Å². The van der Waals surface area contributed by atoms with E-state index >= 15 is 0 Å². The fourth-order valence-corrected chi connectivity index (χ4v) is 1.11. The number of hydrogen-bond donors (Lipinski definition) is 1. The number of likely N-dealkylation sites (N-methyl/N-ethyl adjacent to an activating group) is 1. The number of halogens is 1. The van der Waals surface area contributed by atoms with Gasteiger partial charge in [-0.3, -0.25) is 0 Å². The highest BCUT2D eigenvalue weighted by molar-refractivity contribution is 5.21. The first-order valence-electron chi connectivity index (χ1n) is 4.05. The van der Waals surface area contributed by atoms with E-state index in [9.17, 15) is 4.39 Å². The molecule has 0 saturated carbocycles. The fraction of sp³-hybridized carbons (Fsp3) is 0.300. The van der Waals surface area contributed by atoms with Crippen LogP contribution >= 0.6 is 0 Å². The summed E-state index contributed by atoms with van der Waals surface area (Å²) >= 11 is 0. The van der Waals surface area contributed by atoms with Gasteiger partial charge in [-0.2, -0.15) is 5.26 Å². The molecule has 0 amide bonds. The molecule has 2 nitrogen and oxygen atoms in total. The SMILES string of the molecule is CN[C@@H](C#N)[C@H](F)c1ccccc1. The Morgan fingerprint density at radius 2 is 2.00 bits per heavy atom. The Morgan fingerprint density at radius 1 is 1.38 bits per heavy atom. The van der Waals surface area contributed by atoms with Crippen molar-refractivity contribution in [3.8, 4) is 6.07 Å². The maximum absolute atomic E-state index is 13.5. The van der Waals surface area contributed by atoms with Crippen molar-refractivity contribution in [2.45, 2.75) is 12.2 Å². The summed E-state index contributed by atoms with van der Waals surface area (Å²) in [6.07, 6.45) is -1.27. The van der Waals surface area contributed by atoms with Crippen LogP contribution < -0.4 is 5.32 Å². The predicted molar refractivity (Wildman–Crippen MR) is 48.8 cm³/mol. The van der Waals surface area contributed by atoms with E-state index in [0.29, 0.717) is 5.56 Å². The van der Waals surface area contributed by atoms with Gasteiger partial charge in [-0.05, 0) is 12.6 Å². The average Bonchev–Trinajstić information content (AvgIpc) is 2.21. The third kappa shape index (κ3) is 2.27. The molecule has 0 spiro atoms. The minimum absolute atomic E-state index is 0.531. The topological polar surface area (TPSA) is 35.8 Å². The third-order valence-corrected chi connectivity index (χ3v) is 1.86. The Morgan fingerprint density at radius 3 is 2.46 bits per heavy atom. The number of nitrogens with one attached hydrogen (secondary N) is 1. The molecule has 0 heterocycles. The zero-order valence-electron chi connectivity index (χ0n) is 7.37. The van der Waals surface area contributed by atoms with Crippen molar-refractivity contribution in [2.24, 2.45) is 0 Å². The highest BCUT2D eigenvalue weighted by Gasteiger charge is 2.19. The minimum Gasteiger partial charge on any atom is -0.302 e. The maximum atomic E-state index is 13.5. The van der Waals surface area contributed by atoms with E-state index in [1.165, 1.54) is 0 Å². The molecule has 0 bridgehead atoms. The van der Waals surface area contributed by atoms with Crippen molar-refractivity contribution in [3.05, 3.63) is 35.9 Å². The molecule has 0 radical (unpaired) electrons. The number of hydrogen-bond acceptors (Lipinski definition) is 2. The number of rotatable bonds is 3. The summed E-state index contributed by atoms with van der Waals surface area (Å²) in [5.41, 5.74) is 0.531. The van der Waals surface area contributed by atoms with Crippen LogP contribution in [0.1, 0.15) is 11.7 Å². The monoisotopic (exact) mass is 178 g/mol. The molecule has 1 N–H and O–H groups in total. The van der Waals surface area contributed by atoms with E-state index in [1.54, 1.807) is 31.3 Å². The summed E-state index contributed by atoms with van der Waals surface area (Å²) in [4.78, 5) is 0. The summed E-state index contributed by atoms with van der Waals surface area (Å²) in [6.45, 7) is 0. The lowest BCUT2D eigenvalue weighted by Gasteiger charge is -2.13. The molecule has 1 aromatic rings. The van der Waals surface area contributed by atoms with Crippen molar-refractivity contribution in [1.82, 2.24) is 5.32 Å². The molecule has 0 aromatic heterocycles. The van der Waals surface area contributed by atoms with Gasteiger partial charge in [0.05, 0.1) is 6.07 Å². The molecule has 3 heteroatoms. The summed E-state index contributed by atoms with van der Waals surface area (Å²) in [5.74, 6) is 0. The van der Waals surface area contributed by atoms with Crippen LogP contribution in [0.2, 0.25) is 0 Å². The molecule has 0 aliphatic heterocycles. The molecule has 0 aliphatic rings. The highest BCUT2D eigenvalue weighted by atomic mass is 19.1. The Hall–Kier alpha value is -1.40. The number of benzene rings is 1. The Bertz CT molecular complexity index is 292.